The first-order valence-corrected chi connectivity index (χ1v) is 11.7. The summed E-state index contributed by atoms with van der Waals surface area (Å²) in [6.07, 6.45) is 1.06. The van der Waals surface area contributed by atoms with Crippen molar-refractivity contribution >= 4 is 25.5 Å². The zero-order valence-electron chi connectivity index (χ0n) is 15.3. The lowest BCUT2D eigenvalue weighted by Gasteiger charge is -2.10. The lowest BCUT2D eigenvalue weighted by atomic mass is 10.2. The van der Waals surface area contributed by atoms with Crippen molar-refractivity contribution in [2.24, 2.45) is 0 Å². The topological polar surface area (TPSA) is 89.5 Å². The summed E-state index contributed by atoms with van der Waals surface area (Å²) in [4.78, 5) is 0.0314. The van der Waals surface area contributed by atoms with Crippen LogP contribution in [-0.2, 0) is 19.9 Å². The van der Waals surface area contributed by atoms with E-state index in [9.17, 15) is 16.8 Å². The zero-order chi connectivity index (χ0) is 20.4. The second-order valence-electron chi connectivity index (χ2n) is 6.29. The SMILES string of the molecule is Cc1ccc(Oc2ccc(NS(=O)(=O)c3ccc(S(C)(=O)=O)cc3)cc2)cc1. The van der Waals surface area contributed by atoms with Crippen molar-refractivity contribution in [2.75, 3.05) is 11.0 Å². The second kappa shape index (κ2) is 7.65. The molecule has 6 nitrogen and oxygen atoms in total. The van der Waals surface area contributed by atoms with Gasteiger partial charge in [0.2, 0.25) is 0 Å². The smallest absolute Gasteiger partial charge is 0.261 e. The van der Waals surface area contributed by atoms with E-state index in [-0.39, 0.29) is 9.79 Å². The highest BCUT2D eigenvalue weighted by Gasteiger charge is 2.16. The van der Waals surface area contributed by atoms with Gasteiger partial charge in [0.1, 0.15) is 11.5 Å². The van der Waals surface area contributed by atoms with Crippen LogP contribution in [0.25, 0.3) is 0 Å². The van der Waals surface area contributed by atoms with Gasteiger partial charge in [0.15, 0.2) is 9.84 Å². The number of hydrogen-bond donors (Lipinski definition) is 1. The Morgan fingerprint density at radius 1 is 0.679 bits per heavy atom. The fraction of sp³-hybridized carbons (Fsp3) is 0.100. The van der Waals surface area contributed by atoms with Crippen LogP contribution in [0.4, 0.5) is 5.69 Å². The summed E-state index contributed by atoms with van der Waals surface area (Å²) in [7, 11) is -7.22. The number of aryl methyl sites for hydroxylation is 1. The van der Waals surface area contributed by atoms with Crippen molar-refractivity contribution in [3.05, 3.63) is 78.4 Å². The number of anilines is 1. The largest absolute Gasteiger partial charge is 0.457 e. The molecule has 0 amide bonds. The van der Waals surface area contributed by atoms with Crippen LogP contribution in [-0.4, -0.2) is 23.1 Å². The van der Waals surface area contributed by atoms with Gasteiger partial charge >= 0.3 is 0 Å². The first kappa shape index (κ1) is 19.9. The molecule has 3 aromatic rings. The van der Waals surface area contributed by atoms with Crippen LogP contribution in [0.5, 0.6) is 11.5 Å². The van der Waals surface area contributed by atoms with Gasteiger partial charge in [-0.15, -0.1) is 0 Å². The van der Waals surface area contributed by atoms with Gasteiger partial charge < -0.3 is 4.74 Å². The molecule has 146 valence electrons. The molecule has 0 aliphatic heterocycles. The van der Waals surface area contributed by atoms with Crippen molar-refractivity contribution in [3.8, 4) is 11.5 Å². The number of nitrogens with one attached hydrogen (secondary N) is 1. The van der Waals surface area contributed by atoms with E-state index < -0.39 is 19.9 Å². The van der Waals surface area contributed by atoms with Gasteiger partial charge in [0.25, 0.3) is 10.0 Å². The van der Waals surface area contributed by atoms with Crippen LogP contribution in [0.1, 0.15) is 5.56 Å². The van der Waals surface area contributed by atoms with Crippen LogP contribution in [0.15, 0.2) is 82.6 Å². The maximum atomic E-state index is 12.5. The molecule has 0 unspecified atom stereocenters. The van der Waals surface area contributed by atoms with Gasteiger partial charge in [-0.2, -0.15) is 0 Å². The molecule has 0 heterocycles. The summed E-state index contributed by atoms with van der Waals surface area (Å²) < 4.78 is 56.1. The highest BCUT2D eigenvalue weighted by Crippen LogP contribution is 2.24. The van der Waals surface area contributed by atoms with Gasteiger partial charge in [0.05, 0.1) is 9.79 Å². The van der Waals surface area contributed by atoms with Crippen molar-refractivity contribution in [1.29, 1.82) is 0 Å². The Labute approximate surface area is 164 Å². The number of ether oxygens (including phenoxy) is 1. The van der Waals surface area contributed by atoms with Crippen LogP contribution >= 0.6 is 0 Å². The molecule has 0 aliphatic rings. The molecule has 0 saturated heterocycles. The van der Waals surface area contributed by atoms with Gasteiger partial charge in [-0.25, -0.2) is 16.8 Å². The molecular weight excluding hydrogens is 398 g/mol. The van der Waals surface area contributed by atoms with E-state index in [1.807, 2.05) is 31.2 Å². The Hall–Kier alpha value is -2.84. The molecule has 0 spiro atoms. The molecule has 0 fully saturated rings. The summed E-state index contributed by atoms with van der Waals surface area (Å²) >= 11 is 0. The summed E-state index contributed by atoms with van der Waals surface area (Å²) in [5.74, 6) is 1.26. The van der Waals surface area contributed by atoms with Crippen LogP contribution < -0.4 is 9.46 Å². The summed E-state index contributed by atoms with van der Waals surface area (Å²) in [5.41, 5.74) is 1.49. The van der Waals surface area contributed by atoms with E-state index in [0.29, 0.717) is 17.2 Å². The summed E-state index contributed by atoms with van der Waals surface area (Å²) in [6.45, 7) is 1.99. The maximum absolute atomic E-state index is 12.5. The third-order valence-corrected chi connectivity index (χ3v) is 6.45. The predicted octanol–water partition coefficient (Wildman–Crippen LogP) is 3.99. The quantitative estimate of drug-likeness (QED) is 0.655. The van der Waals surface area contributed by atoms with Gasteiger partial charge in [-0.3, -0.25) is 4.72 Å². The van der Waals surface area contributed by atoms with Gasteiger partial charge in [0, 0.05) is 11.9 Å². The van der Waals surface area contributed by atoms with E-state index >= 15 is 0 Å². The monoisotopic (exact) mass is 417 g/mol. The number of sulfonamides is 1. The fourth-order valence-corrected chi connectivity index (χ4v) is 4.10. The van der Waals surface area contributed by atoms with Crippen molar-refractivity contribution in [1.82, 2.24) is 0 Å². The lowest BCUT2D eigenvalue weighted by Crippen LogP contribution is -2.13. The third kappa shape index (κ3) is 4.90. The first-order chi connectivity index (χ1) is 13.1. The average Bonchev–Trinajstić information content (AvgIpc) is 2.64. The zero-order valence-corrected chi connectivity index (χ0v) is 16.9. The number of sulfone groups is 1. The molecule has 3 aromatic carbocycles. The van der Waals surface area contributed by atoms with E-state index in [1.54, 1.807) is 24.3 Å². The maximum Gasteiger partial charge on any atom is 0.261 e. The number of rotatable bonds is 6. The van der Waals surface area contributed by atoms with E-state index in [2.05, 4.69) is 4.72 Å². The Balaban J connectivity index is 1.72. The molecule has 0 saturated carbocycles. The number of hydrogen-bond acceptors (Lipinski definition) is 5. The van der Waals surface area contributed by atoms with Crippen LogP contribution in [0.3, 0.4) is 0 Å². The molecule has 0 bridgehead atoms. The predicted molar refractivity (Wildman–Crippen MR) is 108 cm³/mol. The molecule has 8 heteroatoms. The highest BCUT2D eigenvalue weighted by molar-refractivity contribution is 7.92. The highest BCUT2D eigenvalue weighted by atomic mass is 32.2. The molecular formula is C20H19NO5S2. The normalized spacial score (nSPS) is 11.8. The summed E-state index contributed by atoms with van der Waals surface area (Å²) in [5, 5.41) is 0. The minimum atomic E-state index is -3.84. The standard InChI is InChI=1S/C20H19NO5S2/c1-15-3-7-17(8-4-15)26-18-9-5-16(6-10-18)21-28(24,25)20-13-11-19(12-14-20)27(2,22)23/h3-14,21H,1-2H3. The summed E-state index contributed by atoms with van der Waals surface area (Å²) in [6, 6.07) is 19.1. The minimum absolute atomic E-state index is 0.0279. The van der Waals surface area contributed by atoms with Crippen LogP contribution in [0, 0.1) is 6.92 Å². The third-order valence-electron chi connectivity index (χ3n) is 3.93. The molecule has 0 radical (unpaired) electrons. The van der Waals surface area contributed by atoms with E-state index in [4.69, 9.17) is 4.74 Å². The van der Waals surface area contributed by atoms with Crippen molar-refractivity contribution in [2.45, 2.75) is 16.7 Å². The molecule has 1 N–H and O–H groups in total. The second-order valence-corrected chi connectivity index (χ2v) is 9.99. The molecule has 0 aromatic heterocycles. The Morgan fingerprint density at radius 2 is 1.14 bits per heavy atom. The Kier molecular flexibility index (Phi) is 5.44. The van der Waals surface area contributed by atoms with E-state index in [1.165, 1.54) is 24.3 Å². The fourth-order valence-electron chi connectivity index (χ4n) is 2.41. The van der Waals surface area contributed by atoms with Crippen molar-refractivity contribution in [3.63, 3.8) is 0 Å². The molecule has 0 atom stereocenters. The molecule has 28 heavy (non-hydrogen) atoms. The Bertz CT molecular complexity index is 1170. The minimum Gasteiger partial charge on any atom is -0.457 e. The first-order valence-electron chi connectivity index (χ1n) is 8.31. The van der Waals surface area contributed by atoms with Gasteiger partial charge in [-0.05, 0) is 67.6 Å². The van der Waals surface area contributed by atoms with Gasteiger partial charge in [-0.1, -0.05) is 17.7 Å². The lowest BCUT2D eigenvalue weighted by molar-refractivity contribution is 0.482. The van der Waals surface area contributed by atoms with E-state index in [0.717, 1.165) is 11.8 Å². The molecule has 0 aliphatic carbocycles. The van der Waals surface area contributed by atoms with Crippen molar-refractivity contribution < 1.29 is 21.6 Å². The Morgan fingerprint density at radius 3 is 1.64 bits per heavy atom. The molecule has 3 rings (SSSR count). The van der Waals surface area contributed by atoms with Crippen LogP contribution in [0.2, 0.25) is 0 Å². The number of benzene rings is 3. The average molecular weight is 418 g/mol.